The van der Waals surface area contributed by atoms with Crippen LogP contribution in [0.1, 0.15) is 0 Å². The summed E-state index contributed by atoms with van der Waals surface area (Å²) in [7, 11) is -4.07. The van der Waals surface area contributed by atoms with E-state index in [0.717, 1.165) is 0 Å². The third-order valence-electron chi connectivity index (χ3n) is 1.03. The van der Waals surface area contributed by atoms with Crippen molar-refractivity contribution in [3.63, 3.8) is 0 Å². The Bertz CT molecular complexity index is 393. The van der Waals surface area contributed by atoms with E-state index in [-0.39, 0.29) is 59.1 Å². The van der Waals surface area contributed by atoms with Crippen molar-refractivity contribution in [1.82, 2.24) is 4.72 Å². The fourth-order valence-electron chi connectivity index (χ4n) is 0.565. The molecule has 2 N–H and O–H groups in total. The Morgan fingerprint density at radius 1 is 1.38 bits per heavy atom. The maximum absolute atomic E-state index is 10.6. The quantitative estimate of drug-likeness (QED) is 0.394. The summed E-state index contributed by atoms with van der Waals surface area (Å²) in [5.74, 6) is -2.21. The van der Waals surface area contributed by atoms with Crippen molar-refractivity contribution in [3.8, 4) is 6.07 Å². The molecule has 0 fully saturated rings. The van der Waals surface area contributed by atoms with Crippen LogP contribution in [-0.2, 0) is 14.8 Å². The molecule has 0 aromatic rings. The average Bonchev–Trinajstić information content (AvgIpc) is 2.03. The largest absolute Gasteiger partial charge is 1.00 e. The molecule has 0 unspecified atom stereocenters. The van der Waals surface area contributed by atoms with Gasteiger partial charge in [-0.25, -0.2) is 13.1 Å². The molecule has 0 aliphatic carbocycles. The van der Waals surface area contributed by atoms with Gasteiger partial charge in [-0.1, -0.05) is 0 Å². The maximum Gasteiger partial charge on any atom is 1.00 e. The molecule has 0 atom stereocenters. The molecule has 1 aliphatic rings. The predicted molar refractivity (Wildman–Crippen MR) is 32.3 cm³/mol. The fourth-order valence-corrected chi connectivity index (χ4v) is 1.48. The minimum atomic E-state index is -4.07. The Labute approximate surface area is 119 Å². The molecule has 9 heteroatoms. The second-order valence-electron chi connectivity index (χ2n) is 1.72. The number of amides is 1. The van der Waals surface area contributed by atoms with Gasteiger partial charge >= 0.3 is 65.0 Å². The van der Waals surface area contributed by atoms with Gasteiger partial charge in [-0.3, -0.25) is 4.79 Å². The number of nitrogens with one attached hydrogen (secondary N) is 1. The van der Waals surface area contributed by atoms with Crippen LogP contribution in [-0.4, -0.2) is 19.4 Å². The van der Waals surface area contributed by atoms with E-state index in [0.29, 0.717) is 0 Å². The van der Waals surface area contributed by atoms with Gasteiger partial charge in [0.1, 0.15) is 6.07 Å². The Hall–Kier alpha value is 0.450. The molecule has 0 spiro atoms. The number of hydrogen-bond acceptors (Lipinski definition) is 5. The number of carbonyl (C=O) groups excluding carboxylic acids is 1. The topological polar surface area (TPSA) is 107 Å². The van der Waals surface area contributed by atoms with Crippen molar-refractivity contribution in [2.45, 2.75) is 0 Å². The van der Waals surface area contributed by atoms with E-state index in [9.17, 15) is 13.2 Å². The molecule has 1 amide bonds. The minimum Gasteiger partial charge on any atom is -0.502 e. The van der Waals surface area contributed by atoms with Gasteiger partial charge in [0, 0.05) is 0 Å². The van der Waals surface area contributed by atoms with Crippen molar-refractivity contribution >= 4 is 15.9 Å². The van der Waals surface area contributed by atoms with Gasteiger partial charge < -0.3 is 5.11 Å². The van der Waals surface area contributed by atoms with E-state index in [1.54, 1.807) is 0 Å². The molecule has 6 nitrogen and oxygen atoms in total. The normalized spacial score (nSPS) is 17.9. The first-order chi connectivity index (χ1) is 4.99. The Balaban J connectivity index is 0. The summed E-state index contributed by atoms with van der Waals surface area (Å²) in [5, 5.41) is 16.8. The van der Waals surface area contributed by atoms with Crippen molar-refractivity contribution < 1.29 is 77.4 Å². The first kappa shape index (κ1) is 15.9. The molecule has 0 aromatic carbocycles. The number of nitrogens with zero attached hydrogens (tertiary/aromatic N) is 1. The molecule has 0 radical (unpaired) electrons. The van der Waals surface area contributed by atoms with Gasteiger partial charge in [0.05, 0.1) is 0 Å². The third-order valence-corrected chi connectivity index (χ3v) is 2.30. The van der Waals surface area contributed by atoms with Gasteiger partial charge in [0.2, 0.25) is 10.7 Å². The van der Waals surface area contributed by atoms with Crippen LogP contribution in [0.25, 0.3) is 0 Å². The van der Waals surface area contributed by atoms with E-state index in [4.69, 9.17) is 10.4 Å². The van der Waals surface area contributed by atoms with Gasteiger partial charge in [-0.2, -0.15) is 5.26 Å². The smallest absolute Gasteiger partial charge is 0.502 e. The summed E-state index contributed by atoms with van der Waals surface area (Å²) in [5.41, 5.74) is 0. The van der Waals surface area contributed by atoms with Gasteiger partial charge in [0.25, 0.3) is 10.0 Å². The summed E-state index contributed by atoms with van der Waals surface area (Å²) in [4.78, 5) is 9.48. The minimum absolute atomic E-state index is 0. The van der Waals surface area contributed by atoms with Crippen LogP contribution in [0.5, 0.6) is 0 Å². The van der Waals surface area contributed by atoms with Crippen molar-refractivity contribution in [1.29, 1.82) is 5.26 Å². The van der Waals surface area contributed by atoms with Crippen molar-refractivity contribution in [3.05, 3.63) is 10.7 Å². The molecule has 0 bridgehead atoms. The zero-order chi connectivity index (χ0) is 8.65. The monoisotopic (exact) mass is 220 g/mol. The van der Waals surface area contributed by atoms with Gasteiger partial charge in [-0.05, 0) is 0 Å². The predicted octanol–water partition coefficient (Wildman–Crippen LogP) is -7.25. The average molecular weight is 220 g/mol. The number of aliphatic hydroxyl groups is 1. The number of rotatable bonds is 0. The summed E-state index contributed by atoms with van der Waals surface area (Å²) < 4.78 is 22.7. The number of hydrogen-bond donors (Lipinski definition) is 2. The molecule has 1 aliphatic heterocycles. The summed E-state index contributed by atoms with van der Waals surface area (Å²) in [6, 6.07) is 1.19. The van der Waals surface area contributed by atoms with Crippen molar-refractivity contribution in [2.24, 2.45) is 0 Å². The number of allylic oxidation sites excluding steroid dienone is 1. The Morgan fingerprint density at radius 3 is 2.00 bits per heavy atom. The maximum atomic E-state index is 10.6. The molecule has 0 saturated carbocycles. The van der Waals surface area contributed by atoms with E-state index in [2.05, 4.69) is 0 Å². The second kappa shape index (κ2) is 5.36. The van der Waals surface area contributed by atoms with Crippen LogP contribution >= 0.6 is 0 Å². The second-order valence-corrected chi connectivity index (χ2v) is 3.34. The zero-order valence-corrected chi connectivity index (χ0v) is 11.8. The molecule has 1 rings (SSSR count). The number of nitriles is 1. The van der Waals surface area contributed by atoms with E-state index >= 15 is 0 Å². The summed E-state index contributed by atoms with van der Waals surface area (Å²) in [6.07, 6.45) is 0. The van der Waals surface area contributed by atoms with Crippen LogP contribution in [0.15, 0.2) is 10.7 Å². The molecule has 58 valence electrons. The number of aliphatic hydroxyl groups excluding tert-OH is 1. The molecular weight excluding hydrogens is 218 g/mol. The first-order valence-electron chi connectivity index (χ1n) is 2.39. The zero-order valence-electron chi connectivity index (χ0n) is 7.03. The van der Waals surface area contributed by atoms with E-state index in [1.807, 2.05) is 0 Å². The standard InChI is InChI=1S/C4H2N2O4S.2Na/c5-1-2-3(7)4(8)6-11(2,9)10;;/h7H,(H,6,8);;/q;2*+1. The summed E-state index contributed by atoms with van der Waals surface area (Å²) >= 11 is 0. The molecule has 13 heavy (non-hydrogen) atoms. The molecular formula is C4H2N2Na2O4S+2. The van der Waals surface area contributed by atoms with Gasteiger partial charge in [0.15, 0.2) is 0 Å². The Kier molecular flexibility index (Phi) is 6.56. The fraction of sp³-hybridized carbons (Fsp3) is 0. The van der Waals surface area contributed by atoms with E-state index in [1.165, 1.54) is 10.8 Å². The van der Waals surface area contributed by atoms with Gasteiger partial charge in [-0.15, -0.1) is 0 Å². The SMILES string of the molecule is N#CC1=C(O)C(=O)NS1(=O)=O.[Na+].[Na+]. The van der Waals surface area contributed by atoms with E-state index < -0.39 is 26.6 Å². The number of carbonyl (C=O) groups is 1. The van der Waals surface area contributed by atoms with Crippen LogP contribution in [0.4, 0.5) is 0 Å². The van der Waals surface area contributed by atoms with Crippen LogP contribution in [0.2, 0.25) is 0 Å². The van der Waals surface area contributed by atoms with Crippen LogP contribution in [0, 0.1) is 11.3 Å². The molecule has 0 saturated heterocycles. The van der Waals surface area contributed by atoms with Crippen LogP contribution < -0.4 is 63.8 Å². The van der Waals surface area contributed by atoms with Crippen molar-refractivity contribution in [2.75, 3.05) is 0 Å². The summed E-state index contributed by atoms with van der Waals surface area (Å²) in [6.45, 7) is 0. The third kappa shape index (κ3) is 2.95. The van der Waals surface area contributed by atoms with Crippen LogP contribution in [0.3, 0.4) is 0 Å². The molecule has 1 heterocycles. The molecule has 0 aromatic heterocycles. The number of sulfonamides is 1. The Morgan fingerprint density at radius 2 is 1.85 bits per heavy atom. The first-order valence-corrected chi connectivity index (χ1v) is 3.88.